The summed E-state index contributed by atoms with van der Waals surface area (Å²) < 4.78 is 44.0. The maximum absolute atomic E-state index is 12.3. The molecule has 24 atom stereocenters. The van der Waals surface area contributed by atoms with Crippen molar-refractivity contribution in [1.29, 1.82) is 0 Å². The summed E-state index contributed by atoms with van der Waals surface area (Å²) in [5.41, 5.74) is -3.33. The quantitative estimate of drug-likeness (QED) is 0.142. The SMILES string of the molecule is CC(C)(O)[C@@H]1CC[C@](C)([C@H]2[C@@H](O)C[C@@]3(C)[C@@H]4C[C@H](O[C@@H]5OC[C@H](O)[C@H](O)[C@@H]5O)[C@@H]5C(C)(C)[C@@H](O[C@@H]6OC[C@H](O)[C@H](O)[C@@H]6O[C@@H]6OC[C@H](O)[C@@H](O)[C@H]6O)CC[C@@]56C[C@@]46CC[C@]23C)O1. The van der Waals surface area contributed by atoms with Crippen LogP contribution in [-0.4, -0.2) is 180 Å². The van der Waals surface area contributed by atoms with Gasteiger partial charge >= 0.3 is 0 Å². The van der Waals surface area contributed by atoms with Crippen molar-refractivity contribution < 1.29 is 84.2 Å². The second-order valence-electron chi connectivity index (χ2n) is 23.0. The van der Waals surface area contributed by atoms with E-state index in [2.05, 4.69) is 34.6 Å². The van der Waals surface area contributed by atoms with Gasteiger partial charge in [0.1, 0.15) is 54.9 Å². The van der Waals surface area contributed by atoms with Gasteiger partial charge in [-0.1, -0.05) is 27.7 Å². The lowest BCUT2D eigenvalue weighted by Crippen LogP contribution is -2.65. The highest BCUT2D eigenvalue weighted by Gasteiger charge is 2.85. The Morgan fingerprint density at radius 1 is 0.565 bits per heavy atom. The summed E-state index contributed by atoms with van der Waals surface area (Å²) in [7, 11) is 0. The Kier molecular flexibility index (Phi) is 11.5. The zero-order valence-corrected chi connectivity index (χ0v) is 37.3. The Hall–Kier alpha value is -0.680. The molecule has 0 bridgehead atoms. The molecular formula is C45H74O17. The van der Waals surface area contributed by atoms with Crippen molar-refractivity contribution in [2.24, 2.45) is 44.8 Å². The van der Waals surface area contributed by atoms with Crippen LogP contribution in [0.3, 0.4) is 0 Å². The van der Waals surface area contributed by atoms with Gasteiger partial charge in [-0.15, -0.1) is 0 Å². The lowest BCUT2D eigenvalue weighted by Gasteiger charge is -2.65. The van der Waals surface area contributed by atoms with Crippen molar-refractivity contribution in [1.82, 2.24) is 0 Å². The predicted molar refractivity (Wildman–Crippen MR) is 214 cm³/mol. The van der Waals surface area contributed by atoms with Crippen molar-refractivity contribution >= 4 is 0 Å². The fourth-order valence-corrected chi connectivity index (χ4v) is 15.8. The van der Waals surface area contributed by atoms with E-state index in [1.54, 1.807) is 13.8 Å². The third-order valence-corrected chi connectivity index (χ3v) is 18.9. The van der Waals surface area contributed by atoms with Crippen molar-refractivity contribution in [3.63, 3.8) is 0 Å². The van der Waals surface area contributed by atoms with E-state index in [4.69, 9.17) is 33.2 Å². The van der Waals surface area contributed by atoms with Crippen LogP contribution in [0.5, 0.6) is 0 Å². The molecule has 17 heteroatoms. The molecular weight excluding hydrogens is 812 g/mol. The minimum absolute atomic E-state index is 0.0927. The zero-order chi connectivity index (χ0) is 44.9. The first-order valence-electron chi connectivity index (χ1n) is 23.2. The summed E-state index contributed by atoms with van der Waals surface area (Å²) >= 11 is 0. The van der Waals surface area contributed by atoms with E-state index in [1.165, 1.54) is 0 Å². The molecule has 17 nitrogen and oxygen atoms in total. The van der Waals surface area contributed by atoms with E-state index in [0.717, 1.165) is 32.1 Å². The molecule has 9 fully saturated rings. The molecule has 0 aromatic carbocycles. The number of hydrogen-bond acceptors (Lipinski definition) is 17. The molecule has 62 heavy (non-hydrogen) atoms. The highest BCUT2D eigenvalue weighted by molar-refractivity contribution is 5.33. The number of fused-ring (bicyclic) bond motifs is 2. The van der Waals surface area contributed by atoms with Crippen LogP contribution in [0.15, 0.2) is 0 Å². The maximum atomic E-state index is 12.3. The molecule has 5 saturated carbocycles. The van der Waals surface area contributed by atoms with E-state index in [-0.39, 0.29) is 65.3 Å². The molecule has 2 spiro atoms. The van der Waals surface area contributed by atoms with Crippen molar-refractivity contribution in [2.75, 3.05) is 19.8 Å². The van der Waals surface area contributed by atoms with E-state index >= 15 is 0 Å². The third kappa shape index (κ3) is 6.72. The van der Waals surface area contributed by atoms with Gasteiger partial charge in [0.05, 0.1) is 55.4 Å². The molecule has 0 radical (unpaired) electrons. The molecule has 0 unspecified atom stereocenters. The Morgan fingerprint density at radius 3 is 1.74 bits per heavy atom. The van der Waals surface area contributed by atoms with Crippen LogP contribution in [0, 0.1) is 44.8 Å². The van der Waals surface area contributed by atoms with E-state index in [1.807, 2.05) is 0 Å². The van der Waals surface area contributed by atoms with Crippen LogP contribution in [0.2, 0.25) is 0 Å². The average Bonchev–Trinajstić information content (AvgIpc) is 3.56. The Labute approximate surface area is 363 Å². The van der Waals surface area contributed by atoms with Crippen LogP contribution < -0.4 is 0 Å². The number of aliphatic hydroxyl groups is 10. The molecule has 356 valence electrons. The highest BCUT2D eigenvalue weighted by atomic mass is 16.8. The highest BCUT2D eigenvalue weighted by Crippen LogP contribution is 2.89. The lowest BCUT2D eigenvalue weighted by molar-refractivity contribution is -0.359. The molecule has 0 amide bonds. The third-order valence-electron chi connectivity index (χ3n) is 18.9. The molecule has 4 saturated heterocycles. The summed E-state index contributed by atoms with van der Waals surface area (Å²) in [4.78, 5) is 0. The van der Waals surface area contributed by atoms with E-state index in [9.17, 15) is 51.1 Å². The number of hydrogen-bond donors (Lipinski definition) is 10. The van der Waals surface area contributed by atoms with E-state index < -0.39 is 109 Å². The molecule has 9 rings (SSSR count). The van der Waals surface area contributed by atoms with Crippen LogP contribution in [-0.2, 0) is 33.2 Å². The van der Waals surface area contributed by atoms with Crippen molar-refractivity contribution in [2.45, 2.75) is 216 Å². The van der Waals surface area contributed by atoms with Gasteiger partial charge in [0.2, 0.25) is 0 Å². The largest absolute Gasteiger partial charge is 0.393 e. The van der Waals surface area contributed by atoms with Crippen molar-refractivity contribution in [3.8, 4) is 0 Å². The summed E-state index contributed by atoms with van der Waals surface area (Å²) in [6.07, 6.45) is -12.2. The number of aliphatic hydroxyl groups excluding tert-OH is 9. The summed E-state index contributed by atoms with van der Waals surface area (Å²) in [5, 5.41) is 109. The predicted octanol–water partition coefficient (Wildman–Crippen LogP) is -0.173. The van der Waals surface area contributed by atoms with Gasteiger partial charge in [-0.3, -0.25) is 0 Å². The van der Waals surface area contributed by atoms with Gasteiger partial charge in [0, 0.05) is 5.92 Å². The molecule has 9 aliphatic rings. The Bertz CT molecular complexity index is 1660. The molecule has 4 heterocycles. The molecule has 4 aliphatic heterocycles. The minimum atomic E-state index is -1.65. The second kappa shape index (κ2) is 15.4. The second-order valence-corrected chi connectivity index (χ2v) is 23.0. The summed E-state index contributed by atoms with van der Waals surface area (Å²) in [6, 6.07) is 0. The normalized spacial score (nSPS) is 58.5. The number of ether oxygens (including phenoxy) is 7. The fraction of sp³-hybridized carbons (Fsp3) is 1.00. The molecule has 5 aliphatic carbocycles. The van der Waals surface area contributed by atoms with E-state index in [0.29, 0.717) is 25.7 Å². The fourth-order valence-electron chi connectivity index (χ4n) is 15.8. The van der Waals surface area contributed by atoms with Crippen LogP contribution >= 0.6 is 0 Å². The average molecular weight is 887 g/mol. The van der Waals surface area contributed by atoms with Gasteiger partial charge in [-0.2, -0.15) is 0 Å². The van der Waals surface area contributed by atoms with Gasteiger partial charge in [-0.05, 0) is 117 Å². The first-order chi connectivity index (χ1) is 28.8. The van der Waals surface area contributed by atoms with Gasteiger partial charge in [0.15, 0.2) is 18.9 Å². The van der Waals surface area contributed by atoms with Crippen LogP contribution in [0.1, 0.15) is 106 Å². The molecule has 0 aromatic rings. The zero-order valence-electron chi connectivity index (χ0n) is 37.3. The van der Waals surface area contributed by atoms with Gasteiger partial charge < -0.3 is 84.2 Å². The topological polar surface area (TPSA) is 267 Å². The lowest BCUT2D eigenvalue weighted by atomic mass is 9.41. The Balaban J connectivity index is 1.03. The molecule has 10 N–H and O–H groups in total. The molecule has 0 aromatic heterocycles. The smallest absolute Gasteiger partial charge is 0.186 e. The van der Waals surface area contributed by atoms with Crippen LogP contribution in [0.25, 0.3) is 0 Å². The minimum Gasteiger partial charge on any atom is -0.393 e. The van der Waals surface area contributed by atoms with Crippen molar-refractivity contribution in [3.05, 3.63) is 0 Å². The first kappa shape index (κ1) is 46.4. The number of rotatable bonds is 8. The standard InChI is InChI=1S/C45H74O17/c1-39(2)26(60-38-33(30(52)23(49)18-58-38)61-37-32(54)29(51)22(48)17-57-37)9-11-45-19-44(45)13-12-41(5)34(43(7)10-8-27(62-43)40(3,4)55)20(46)15-42(41,6)25(44)14-24(35(39)45)59-36-31(53)28(50)21(47)16-56-36/h20-38,46-55H,8-19H2,1-7H3/t20-,21-,22-,23-,24-,25-,26-,27-,28-,29+,30-,31-,32+,33-,34-,35+,36-,37-,38-,41+,42-,43+,44-,45+/m0/s1. The van der Waals surface area contributed by atoms with Gasteiger partial charge in [-0.25, -0.2) is 0 Å². The summed E-state index contributed by atoms with van der Waals surface area (Å²) in [6.45, 7) is 13.8. The Morgan fingerprint density at radius 2 is 1.15 bits per heavy atom. The summed E-state index contributed by atoms with van der Waals surface area (Å²) in [5.74, 6) is -0.256. The maximum Gasteiger partial charge on any atom is 0.186 e. The monoisotopic (exact) mass is 886 g/mol. The van der Waals surface area contributed by atoms with Gasteiger partial charge in [0.25, 0.3) is 0 Å². The van der Waals surface area contributed by atoms with Crippen LogP contribution in [0.4, 0.5) is 0 Å². The first-order valence-corrected chi connectivity index (χ1v) is 23.2.